The molecule has 26 heavy (non-hydrogen) atoms. The number of piperazine rings is 1. The highest BCUT2D eigenvalue weighted by Gasteiger charge is 2.16. The minimum absolute atomic E-state index is 0.842. The summed E-state index contributed by atoms with van der Waals surface area (Å²) >= 11 is 6.25. The number of hydrazone groups is 1. The third kappa shape index (κ3) is 5.10. The van der Waals surface area contributed by atoms with Gasteiger partial charge in [-0.15, -0.1) is 0 Å². The van der Waals surface area contributed by atoms with Gasteiger partial charge in [0.15, 0.2) is 0 Å². The van der Waals surface area contributed by atoms with Crippen LogP contribution in [0.1, 0.15) is 11.1 Å². The predicted octanol–water partition coefficient (Wildman–Crippen LogP) is 4.17. The van der Waals surface area contributed by atoms with E-state index in [4.69, 9.17) is 16.3 Å². The average molecular weight is 370 g/mol. The summed E-state index contributed by atoms with van der Waals surface area (Å²) in [5.41, 5.74) is 2.23. The molecule has 0 bridgehead atoms. The van der Waals surface area contributed by atoms with Crippen LogP contribution < -0.4 is 4.74 Å². The first-order valence-electron chi connectivity index (χ1n) is 8.80. The van der Waals surface area contributed by atoms with Crippen LogP contribution in [0.15, 0.2) is 59.7 Å². The van der Waals surface area contributed by atoms with Crippen LogP contribution in [0.4, 0.5) is 0 Å². The molecule has 1 heterocycles. The highest BCUT2D eigenvalue weighted by atomic mass is 35.5. The van der Waals surface area contributed by atoms with Crippen molar-refractivity contribution in [1.29, 1.82) is 0 Å². The molecule has 136 valence electrons. The smallest absolute Gasteiger partial charge is 0.126 e. The van der Waals surface area contributed by atoms with E-state index in [0.717, 1.165) is 49.1 Å². The lowest BCUT2D eigenvalue weighted by atomic mass is 10.2. The zero-order chi connectivity index (χ0) is 18.2. The lowest BCUT2D eigenvalue weighted by Gasteiger charge is -2.33. The van der Waals surface area contributed by atoms with Crippen LogP contribution in [0.2, 0.25) is 5.02 Å². The summed E-state index contributed by atoms with van der Waals surface area (Å²) < 4.78 is 5.34. The predicted molar refractivity (Wildman–Crippen MR) is 109 cm³/mol. The molecule has 4 nitrogen and oxygen atoms in total. The summed E-state index contributed by atoms with van der Waals surface area (Å²) in [6.45, 7) is 4.70. The van der Waals surface area contributed by atoms with Gasteiger partial charge in [-0.3, -0.25) is 9.91 Å². The Balaban J connectivity index is 1.47. The van der Waals surface area contributed by atoms with Gasteiger partial charge in [0.1, 0.15) is 5.75 Å². The van der Waals surface area contributed by atoms with E-state index in [0.29, 0.717) is 0 Å². The number of ether oxygens (including phenoxy) is 1. The molecule has 0 aliphatic carbocycles. The Kier molecular flexibility index (Phi) is 6.69. The lowest BCUT2D eigenvalue weighted by molar-refractivity contribution is 0.131. The van der Waals surface area contributed by atoms with Crippen molar-refractivity contribution in [1.82, 2.24) is 9.91 Å². The molecule has 1 fully saturated rings. The molecule has 0 amide bonds. The lowest BCUT2D eigenvalue weighted by Crippen LogP contribution is -2.43. The summed E-state index contributed by atoms with van der Waals surface area (Å²) in [6, 6.07) is 16.0. The SMILES string of the molecule is COc1ccccc1/C=C/C=NN1CCN(Cc2ccccc2Cl)CC1. The van der Waals surface area contributed by atoms with Crippen molar-refractivity contribution in [3.8, 4) is 5.75 Å². The van der Waals surface area contributed by atoms with E-state index < -0.39 is 0 Å². The molecule has 0 unspecified atom stereocenters. The minimum Gasteiger partial charge on any atom is -0.496 e. The van der Waals surface area contributed by atoms with Crippen molar-refractivity contribution in [2.75, 3.05) is 33.3 Å². The van der Waals surface area contributed by atoms with E-state index in [2.05, 4.69) is 21.1 Å². The molecule has 0 spiro atoms. The second-order valence-electron chi connectivity index (χ2n) is 6.19. The van der Waals surface area contributed by atoms with Crippen LogP contribution in [0.3, 0.4) is 0 Å². The van der Waals surface area contributed by atoms with E-state index in [-0.39, 0.29) is 0 Å². The van der Waals surface area contributed by atoms with E-state index in [1.165, 1.54) is 5.56 Å². The van der Waals surface area contributed by atoms with Gasteiger partial charge >= 0.3 is 0 Å². The Bertz CT molecular complexity index is 767. The highest BCUT2D eigenvalue weighted by Crippen LogP contribution is 2.19. The molecule has 0 radical (unpaired) electrons. The maximum Gasteiger partial charge on any atom is 0.126 e. The number of allylic oxidation sites excluding steroid dienone is 1. The number of benzene rings is 2. The third-order valence-electron chi connectivity index (χ3n) is 4.43. The largest absolute Gasteiger partial charge is 0.496 e. The molecular weight excluding hydrogens is 346 g/mol. The summed E-state index contributed by atoms with van der Waals surface area (Å²) in [6.07, 6.45) is 5.81. The maximum atomic E-state index is 6.25. The summed E-state index contributed by atoms with van der Waals surface area (Å²) in [7, 11) is 1.68. The second-order valence-corrected chi connectivity index (χ2v) is 6.59. The van der Waals surface area contributed by atoms with E-state index in [1.54, 1.807) is 7.11 Å². The molecular formula is C21H24ClN3O. The molecule has 3 rings (SSSR count). The Hall–Kier alpha value is -2.30. The number of nitrogens with zero attached hydrogens (tertiary/aromatic N) is 3. The van der Waals surface area contributed by atoms with Crippen LogP contribution in [0.5, 0.6) is 5.75 Å². The van der Waals surface area contributed by atoms with Gasteiger partial charge in [0.2, 0.25) is 0 Å². The van der Waals surface area contributed by atoms with Crippen molar-refractivity contribution in [3.05, 3.63) is 70.8 Å². The topological polar surface area (TPSA) is 28.1 Å². The Labute approximate surface area is 160 Å². The fourth-order valence-corrected chi connectivity index (χ4v) is 3.16. The molecule has 1 aliphatic rings. The number of rotatable bonds is 6. The standard InChI is InChI=1S/C21H24ClN3O/c1-26-21-11-5-3-7-18(21)9-6-12-23-25-15-13-24(14-16-25)17-19-8-2-4-10-20(19)22/h2-12H,13-17H2,1H3/b9-6+,23-12?. The van der Waals surface area contributed by atoms with Crippen LogP contribution in [-0.2, 0) is 6.54 Å². The number of para-hydroxylation sites is 1. The van der Waals surface area contributed by atoms with Gasteiger partial charge in [0.25, 0.3) is 0 Å². The van der Waals surface area contributed by atoms with Gasteiger partial charge in [-0.1, -0.05) is 48.0 Å². The van der Waals surface area contributed by atoms with Crippen molar-refractivity contribution in [2.24, 2.45) is 5.10 Å². The van der Waals surface area contributed by atoms with Crippen molar-refractivity contribution in [3.63, 3.8) is 0 Å². The maximum absolute atomic E-state index is 6.25. The van der Waals surface area contributed by atoms with Crippen molar-refractivity contribution < 1.29 is 4.74 Å². The summed E-state index contributed by atoms with van der Waals surface area (Å²) in [4.78, 5) is 2.41. The fourth-order valence-electron chi connectivity index (χ4n) is 2.96. The van der Waals surface area contributed by atoms with Gasteiger partial charge in [0, 0.05) is 49.5 Å². The molecule has 0 saturated carbocycles. The Morgan fingerprint density at radius 3 is 2.54 bits per heavy atom. The van der Waals surface area contributed by atoms with Crippen molar-refractivity contribution >= 4 is 23.9 Å². The van der Waals surface area contributed by atoms with Gasteiger partial charge in [-0.05, 0) is 29.8 Å². The Morgan fingerprint density at radius 2 is 1.77 bits per heavy atom. The van der Waals surface area contributed by atoms with Gasteiger partial charge < -0.3 is 4.74 Å². The van der Waals surface area contributed by atoms with Crippen LogP contribution in [0.25, 0.3) is 6.08 Å². The van der Waals surface area contributed by atoms with E-state index >= 15 is 0 Å². The quantitative estimate of drug-likeness (QED) is 0.715. The first-order chi connectivity index (χ1) is 12.8. The molecule has 2 aromatic rings. The zero-order valence-electron chi connectivity index (χ0n) is 15.0. The van der Waals surface area contributed by atoms with E-state index in [1.807, 2.05) is 60.8 Å². The number of halogens is 1. The second kappa shape index (κ2) is 9.41. The number of hydrogen-bond acceptors (Lipinski definition) is 4. The minimum atomic E-state index is 0.842. The first kappa shape index (κ1) is 18.5. The summed E-state index contributed by atoms with van der Waals surface area (Å²) in [5, 5.41) is 7.49. The average Bonchev–Trinajstić information content (AvgIpc) is 2.68. The molecule has 1 saturated heterocycles. The van der Waals surface area contributed by atoms with E-state index in [9.17, 15) is 0 Å². The molecule has 0 N–H and O–H groups in total. The summed E-state index contributed by atoms with van der Waals surface area (Å²) in [5.74, 6) is 0.866. The van der Waals surface area contributed by atoms with Gasteiger partial charge in [0.05, 0.1) is 7.11 Å². The first-order valence-corrected chi connectivity index (χ1v) is 9.18. The monoisotopic (exact) mass is 369 g/mol. The Morgan fingerprint density at radius 1 is 1.04 bits per heavy atom. The number of methoxy groups -OCH3 is 1. The van der Waals surface area contributed by atoms with Gasteiger partial charge in [-0.2, -0.15) is 5.10 Å². The highest BCUT2D eigenvalue weighted by molar-refractivity contribution is 6.31. The molecule has 0 atom stereocenters. The zero-order valence-corrected chi connectivity index (χ0v) is 15.8. The number of hydrogen-bond donors (Lipinski definition) is 0. The van der Waals surface area contributed by atoms with Gasteiger partial charge in [-0.25, -0.2) is 0 Å². The van der Waals surface area contributed by atoms with Crippen LogP contribution in [0, 0.1) is 0 Å². The fraction of sp³-hybridized carbons (Fsp3) is 0.286. The molecule has 2 aromatic carbocycles. The molecule has 0 aromatic heterocycles. The molecule has 5 heteroatoms. The van der Waals surface area contributed by atoms with Crippen molar-refractivity contribution in [2.45, 2.75) is 6.54 Å². The third-order valence-corrected chi connectivity index (χ3v) is 4.80. The molecule has 1 aliphatic heterocycles. The van der Waals surface area contributed by atoms with Crippen LogP contribution in [-0.4, -0.2) is 49.4 Å². The van der Waals surface area contributed by atoms with Crippen LogP contribution >= 0.6 is 11.6 Å². The normalized spacial score (nSPS) is 15.8.